The Hall–Kier alpha value is -0.860. The number of aryl methyl sites for hydroxylation is 2. The summed E-state index contributed by atoms with van der Waals surface area (Å²) in [4.78, 5) is 0. The molecule has 0 amide bonds. The number of fused-ring (bicyclic) bond motifs is 1. The van der Waals surface area contributed by atoms with Gasteiger partial charge in [-0.1, -0.05) is 18.2 Å². The molecule has 0 radical (unpaired) electrons. The van der Waals surface area contributed by atoms with E-state index < -0.39 is 0 Å². The first-order valence-electron chi connectivity index (χ1n) is 4.82. The summed E-state index contributed by atoms with van der Waals surface area (Å²) in [6.45, 7) is 0.820. The van der Waals surface area contributed by atoms with Crippen molar-refractivity contribution in [3.63, 3.8) is 0 Å². The summed E-state index contributed by atoms with van der Waals surface area (Å²) in [5.74, 6) is 0. The normalized spacial score (nSPS) is 14.5. The summed E-state index contributed by atoms with van der Waals surface area (Å²) in [7, 11) is 0. The molecule has 0 unspecified atom stereocenters. The molecule has 0 spiro atoms. The predicted molar refractivity (Wildman–Crippen MR) is 52.4 cm³/mol. The summed E-state index contributed by atoms with van der Waals surface area (Å²) in [6, 6.07) is 6.62. The number of hydrogen-bond acceptors (Lipinski definition) is 2. The van der Waals surface area contributed by atoms with Gasteiger partial charge < -0.3 is 5.11 Å². The Morgan fingerprint density at radius 3 is 2.92 bits per heavy atom. The van der Waals surface area contributed by atoms with Gasteiger partial charge in [-0.3, -0.25) is 5.32 Å². The van der Waals surface area contributed by atoms with Gasteiger partial charge in [0.25, 0.3) is 0 Å². The number of aliphatic hydroxyl groups excluding tert-OH is 1. The maximum absolute atomic E-state index is 8.61. The Balaban J connectivity index is 2.12. The Bertz CT molecular complexity index is 296. The van der Waals surface area contributed by atoms with Crippen LogP contribution in [0, 0.1) is 0 Å². The van der Waals surface area contributed by atoms with Crippen LogP contribution in [0.15, 0.2) is 18.2 Å². The zero-order valence-electron chi connectivity index (χ0n) is 7.71. The van der Waals surface area contributed by atoms with Crippen LogP contribution in [0.5, 0.6) is 0 Å². The van der Waals surface area contributed by atoms with Crippen molar-refractivity contribution >= 4 is 0 Å². The zero-order chi connectivity index (χ0) is 9.10. The zero-order valence-corrected chi connectivity index (χ0v) is 7.71. The molecule has 2 heteroatoms. The second kappa shape index (κ2) is 3.90. The molecular formula is C11H15NO. The highest BCUT2D eigenvalue weighted by Crippen LogP contribution is 2.22. The number of hydrogen-bond donors (Lipinski definition) is 2. The van der Waals surface area contributed by atoms with Gasteiger partial charge in [-0.25, -0.2) is 0 Å². The van der Waals surface area contributed by atoms with E-state index in [0.29, 0.717) is 0 Å². The van der Waals surface area contributed by atoms with Crippen LogP contribution in [-0.4, -0.2) is 11.8 Å². The minimum atomic E-state index is 0.0527. The van der Waals surface area contributed by atoms with Gasteiger partial charge in [0.2, 0.25) is 0 Å². The highest BCUT2D eigenvalue weighted by Gasteiger charge is 2.09. The largest absolute Gasteiger partial charge is 0.381 e. The molecule has 1 aromatic rings. The lowest BCUT2D eigenvalue weighted by atomic mass is 10.1. The van der Waals surface area contributed by atoms with E-state index >= 15 is 0 Å². The first-order chi connectivity index (χ1) is 6.40. The first kappa shape index (κ1) is 8.73. The minimum Gasteiger partial charge on any atom is -0.381 e. The van der Waals surface area contributed by atoms with Crippen molar-refractivity contribution < 1.29 is 5.11 Å². The van der Waals surface area contributed by atoms with E-state index in [1.54, 1.807) is 0 Å². The molecule has 2 N–H and O–H groups in total. The fraction of sp³-hybridized carbons (Fsp3) is 0.455. The fourth-order valence-electron chi connectivity index (χ4n) is 1.94. The van der Waals surface area contributed by atoms with Gasteiger partial charge in [-0.2, -0.15) is 0 Å². The molecular weight excluding hydrogens is 162 g/mol. The van der Waals surface area contributed by atoms with E-state index in [1.807, 2.05) is 0 Å². The molecule has 0 aromatic heterocycles. The van der Waals surface area contributed by atoms with Crippen molar-refractivity contribution in [1.82, 2.24) is 5.32 Å². The van der Waals surface area contributed by atoms with Crippen molar-refractivity contribution in [3.05, 3.63) is 34.9 Å². The molecule has 13 heavy (non-hydrogen) atoms. The van der Waals surface area contributed by atoms with Crippen LogP contribution in [0.1, 0.15) is 23.1 Å². The van der Waals surface area contributed by atoms with Gasteiger partial charge >= 0.3 is 0 Å². The van der Waals surface area contributed by atoms with Gasteiger partial charge in [0.05, 0.1) is 6.73 Å². The predicted octanol–water partition coefficient (Wildman–Crippen LogP) is 1.21. The maximum Gasteiger partial charge on any atom is 0.0934 e. The van der Waals surface area contributed by atoms with Crippen molar-refractivity contribution in [2.75, 3.05) is 6.73 Å². The third-order valence-electron chi connectivity index (χ3n) is 2.60. The van der Waals surface area contributed by atoms with E-state index in [0.717, 1.165) is 6.54 Å². The lowest BCUT2D eigenvalue weighted by Gasteiger charge is -2.04. The number of benzene rings is 1. The smallest absolute Gasteiger partial charge is 0.0934 e. The van der Waals surface area contributed by atoms with Gasteiger partial charge in [0.1, 0.15) is 0 Å². The van der Waals surface area contributed by atoms with Gasteiger partial charge in [0.15, 0.2) is 0 Å². The Labute approximate surface area is 78.6 Å². The molecule has 70 valence electrons. The Kier molecular flexibility index (Phi) is 2.62. The van der Waals surface area contributed by atoms with E-state index in [1.165, 1.54) is 36.0 Å². The molecule has 0 fully saturated rings. The Morgan fingerprint density at radius 2 is 2.08 bits per heavy atom. The molecule has 1 aliphatic rings. The van der Waals surface area contributed by atoms with E-state index in [2.05, 4.69) is 23.5 Å². The summed E-state index contributed by atoms with van der Waals surface area (Å²) in [5.41, 5.74) is 4.28. The Morgan fingerprint density at radius 1 is 1.23 bits per heavy atom. The topological polar surface area (TPSA) is 32.3 Å². The quantitative estimate of drug-likeness (QED) is 0.680. The monoisotopic (exact) mass is 177 g/mol. The van der Waals surface area contributed by atoms with Crippen LogP contribution in [0.2, 0.25) is 0 Å². The molecule has 0 heterocycles. The molecule has 2 nitrogen and oxygen atoms in total. The lowest BCUT2D eigenvalue weighted by molar-refractivity contribution is 0.259. The maximum atomic E-state index is 8.61. The van der Waals surface area contributed by atoms with Gasteiger partial charge in [0, 0.05) is 6.54 Å². The van der Waals surface area contributed by atoms with E-state index in [-0.39, 0.29) is 6.73 Å². The van der Waals surface area contributed by atoms with Crippen LogP contribution in [-0.2, 0) is 19.4 Å². The summed E-state index contributed by atoms with van der Waals surface area (Å²) in [6.07, 6.45) is 3.76. The van der Waals surface area contributed by atoms with Gasteiger partial charge in [-0.05, 0) is 36.0 Å². The SMILES string of the molecule is OCNCc1ccc2c(c1)CCC2. The fourth-order valence-corrected chi connectivity index (χ4v) is 1.94. The van der Waals surface area contributed by atoms with E-state index in [4.69, 9.17) is 5.11 Å². The standard InChI is InChI=1S/C11H15NO/c13-8-12-7-9-4-5-10-2-1-3-11(10)6-9/h4-6,12-13H,1-3,7-8H2. The van der Waals surface area contributed by atoms with Crippen LogP contribution in [0.4, 0.5) is 0 Å². The van der Waals surface area contributed by atoms with Crippen LogP contribution < -0.4 is 5.32 Å². The van der Waals surface area contributed by atoms with Crippen LogP contribution >= 0.6 is 0 Å². The highest BCUT2D eigenvalue weighted by molar-refractivity contribution is 5.35. The molecule has 0 saturated heterocycles. The first-order valence-corrected chi connectivity index (χ1v) is 4.82. The second-order valence-corrected chi connectivity index (χ2v) is 3.54. The van der Waals surface area contributed by atoms with Crippen molar-refractivity contribution in [2.24, 2.45) is 0 Å². The molecule has 2 rings (SSSR count). The third-order valence-corrected chi connectivity index (χ3v) is 2.60. The van der Waals surface area contributed by atoms with Crippen molar-refractivity contribution in [2.45, 2.75) is 25.8 Å². The van der Waals surface area contributed by atoms with Crippen molar-refractivity contribution in [3.8, 4) is 0 Å². The summed E-state index contributed by atoms with van der Waals surface area (Å²) < 4.78 is 0. The molecule has 1 aliphatic carbocycles. The van der Waals surface area contributed by atoms with Gasteiger partial charge in [-0.15, -0.1) is 0 Å². The molecule has 0 saturated carbocycles. The minimum absolute atomic E-state index is 0.0527. The second-order valence-electron chi connectivity index (χ2n) is 3.54. The molecule has 0 atom stereocenters. The number of aliphatic hydroxyl groups is 1. The number of rotatable bonds is 3. The third kappa shape index (κ3) is 1.90. The molecule has 0 bridgehead atoms. The van der Waals surface area contributed by atoms with Crippen molar-refractivity contribution in [1.29, 1.82) is 0 Å². The average molecular weight is 177 g/mol. The molecule has 0 aliphatic heterocycles. The number of nitrogens with one attached hydrogen (secondary N) is 1. The summed E-state index contributed by atoms with van der Waals surface area (Å²) >= 11 is 0. The molecule has 1 aromatic carbocycles. The van der Waals surface area contributed by atoms with Crippen LogP contribution in [0.3, 0.4) is 0 Å². The summed E-state index contributed by atoms with van der Waals surface area (Å²) in [5, 5.41) is 11.5. The lowest BCUT2D eigenvalue weighted by Crippen LogP contribution is -2.13. The van der Waals surface area contributed by atoms with Crippen LogP contribution in [0.25, 0.3) is 0 Å². The average Bonchev–Trinajstić information content (AvgIpc) is 2.61. The van der Waals surface area contributed by atoms with E-state index in [9.17, 15) is 0 Å². The highest BCUT2D eigenvalue weighted by atomic mass is 16.3.